The predicted molar refractivity (Wildman–Crippen MR) is 207 cm³/mol. The molecule has 0 radical (unpaired) electrons. The zero-order valence-corrected chi connectivity index (χ0v) is 32.8. The van der Waals surface area contributed by atoms with Crippen LogP contribution in [0, 0.1) is 68.6 Å². The Morgan fingerprint density at radius 1 is 0.617 bits per heavy atom. The lowest BCUT2D eigenvalue weighted by molar-refractivity contribution is 0.464. The smallest absolute Gasteiger partial charge is 0.0553 e. The molecule has 5 aliphatic rings. The van der Waals surface area contributed by atoms with Crippen LogP contribution in [0.4, 0.5) is 0 Å². The summed E-state index contributed by atoms with van der Waals surface area (Å²) in [5.74, 6) is 4.22. The summed E-state index contributed by atoms with van der Waals surface area (Å²) in [5, 5.41) is 0. The highest BCUT2D eigenvalue weighted by Crippen LogP contribution is 2.67. The molecule has 3 saturated carbocycles. The number of benzene rings is 2. The van der Waals surface area contributed by atoms with Crippen molar-refractivity contribution in [1.82, 2.24) is 0 Å². The van der Waals surface area contributed by atoms with Gasteiger partial charge in [0.25, 0.3) is 0 Å². The fourth-order valence-electron chi connectivity index (χ4n) is 12.8. The van der Waals surface area contributed by atoms with Crippen molar-refractivity contribution in [2.45, 2.75) is 126 Å². The van der Waals surface area contributed by atoms with E-state index in [-0.39, 0.29) is 5.41 Å². The van der Waals surface area contributed by atoms with Gasteiger partial charge in [0, 0.05) is 0 Å². The monoisotopic (exact) mass is 642 g/mol. The van der Waals surface area contributed by atoms with E-state index >= 15 is 0 Å². The topological polar surface area (TPSA) is 0 Å². The molecule has 0 saturated heterocycles. The fourth-order valence-corrected chi connectivity index (χ4v) is 19.0. The van der Waals surface area contributed by atoms with Crippen LogP contribution in [0.3, 0.4) is 0 Å². The Balaban J connectivity index is 1.31. The van der Waals surface area contributed by atoms with E-state index in [9.17, 15) is 0 Å². The van der Waals surface area contributed by atoms with Crippen molar-refractivity contribution in [2.24, 2.45) is 40.9 Å². The Morgan fingerprint density at radius 3 is 1.60 bits per heavy atom. The zero-order chi connectivity index (χ0) is 33.7. The van der Waals surface area contributed by atoms with Crippen LogP contribution in [-0.4, -0.2) is 8.07 Å². The van der Waals surface area contributed by atoms with Gasteiger partial charge in [-0.15, -0.1) is 0 Å². The van der Waals surface area contributed by atoms with Crippen LogP contribution in [0.1, 0.15) is 107 Å². The third kappa shape index (κ3) is 5.46. The van der Waals surface area contributed by atoms with Gasteiger partial charge in [0.2, 0.25) is 0 Å². The minimum Gasteiger partial charge on any atom is -0.0773 e. The molecular formula is C46H62Si. The minimum atomic E-state index is -1.77. The SMILES string of the molecule is CC1=C(c2cc(C)cc(C)c2)C2CC(C)C([Si](C)(C)C3C(C)CC4C(c5cc(C)cc(C)c5)=C5CCCC5=CC43)C2C=C1C(C)(C)C. The number of hydrogen-bond acceptors (Lipinski definition) is 0. The fraction of sp³-hybridized carbons (Fsp3) is 0.565. The van der Waals surface area contributed by atoms with E-state index in [0.29, 0.717) is 23.7 Å². The number of aryl methyl sites for hydroxylation is 4. The average Bonchev–Trinajstić information content (AvgIpc) is 3.63. The second-order valence-corrected chi connectivity index (χ2v) is 23.7. The maximum absolute atomic E-state index is 2.88. The van der Waals surface area contributed by atoms with Crippen molar-refractivity contribution in [3.63, 3.8) is 0 Å². The summed E-state index contributed by atoms with van der Waals surface area (Å²) in [6, 6.07) is 14.7. The molecule has 5 aliphatic carbocycles. The van der Waals surface area contributed by atoms with Gasteiger partial charge in [0.15, 0.2) is 0 Å². The third-order valence-corrected chi connectivity index (χ3v) is 19.1. The first kappa shape index (κ1) is 33.1. The Kier molecular flexibility index (Phi) is 8.18. The lowest BCUT2D eigenvalue weighted by atomic mass is 9.69. The van der Waals surface area contributed by atoms with Crippen LogP contribution < -0.4 is 0 Å². The maximum Gasteiger partial charge on any atom is 0.0553 e. The van der Waals surface area contributed by atoms with Crippen LogP contribution in [0.2, 0.25) is 24.2 Å². The van der Waals surface area contributed by atoms with Crippen LogP contribution in [0.5, 0.6) is 0 Å². The molecule has 0 N–H and O–H groups in total. The first-order valence-corrected chi connectivity index (χ1v) is 22.3. The molecule has 250 valence electrons. The molecular weight excluding hydrogens is 581 g/mol. The second-order valence-electron chi connectivity index (χ2n) is 18.7. The van der Waals surface area contributed by atoms with E-state index in [1.54, 1.807) is 39.0 Å². The highest BCUT2D eigenvalue weighted by molar-refractivity contribution is 6.80. The highest BCUT2D eigenvalue weighted by atomic mass is 28.3. The Bertz CT molecular complexity index is 1690. The lowest BCUT2D eigenvalue weighted by Gasteiger charge is -2.47. The summed E-state index contributed by atoms with van der Waals surface area (Å²) in [6.07, 6.45) is 12.4. The van der Waals surface area contributed by atoms with E-state index in [4.69, 9.17) is 0 Å². The van der Waals surface area contributed by atoms with Crippen molar-refractivity contribution >= 4 is 19.2 Å². The van der Waals surface area contributed by atoms with Gasteiger partial charge in [-0.25, -0.2) is 0 Å². The molecule has 0 bridgehead atoms. The van der Waals surface area contributed by atoms with Crippen molar-refractivity contribution in [3.8, 4) is 0 Å². The molecule has 2 aromatic carbocycles. The van der Waals surface area contributed by atoms with Crippen molar-refractivity contribution in [1.29, 1.82) is 0 Å². The van der Waals surface area contributed by atoms with Crippen LogP contribution in [-0.2, 0) is 0 Å². The molecule has 47 heavy (non-hydrogen) atoms. The number of fused-ring (bicyclic) bond motifs is 3. The standard InChI is InChI=1S/C46H62Si/c1-26-16-27(2)19-34(18-26)42-32(7)41(46(8,9)10)25-40-37(42)22-30(5)45(40)47(11,12)44-31(6)23-38-39(44)24-33-14-13-15-36(33)43(38)35-20-28(3)17-29(4)21-35/h16-21,24-25,30-31,37-40,44-45H,13-15,22-23H2,1-12H3. The molecule has 2 aromatic rings. The molecule has 7 rings (SSSR count). The van der Waals surface area contributed by atoms with Gasteiger partial charge in [0.1, 0.15) is 0 Å². The predicted octanol–water partition coefficient (Wildman–Crippen LogP) is 13.3. The Labute approximate surface area is 288 Å². The molecule has 3 fully saturated rings. The molecule has 0 nitrogen and oxygen atoms in total. The molecule has 1 heteroatoms. The van der Waals surface area contributed by atoms with Crippen LogP contribution in [0.15, 0.2) is 70.8 Å². The zero-order valence-electron chi connectivity index (χ0n) is 31.8. The van der Waals surface area contributed by atoms with E-state index in [1.165, 1.54) is 59.9 Å². The first-order valence-electron chi connectivity index (χ1n) is 19.1. The highest BCUT2D eigenvalue weighted by Gasteiger charge is 2.59. The van der Waals surface area contributed by atoms with E-state index in [1.807, 2.05) is 0 Å². The average molecular weight is 643 g/mol. The Morgan fingerprint density at radius 2 is 1.09 bits per heavy atom. The summed E-state index contributed by atoms with van der Waals surface area (Å²) in [6.45, 7) is 30.0. The molecule has 0 spiro atoms. The second kappa shape index (κ2) is 11.6. The first-order chi connectivity index (χ1) is 22.1. The van der Waals surface area contributed by atoms with Gasteiger partial charge < -0.3 is 0 Å². The summed E-state index contributed by atoms with van der Waals surface area (Å²) < 4.78 is 0. The summed E-state index contributed by atoms with van der Waals surface area (Å²) >= 11 is 0. The van der Waals surface area contributed by atoms with Gasteiger partial charge in [-0.1, -0.05) is 119 Å². The molecule has 8 atom stereocenters. The molecule has 0 aromatic heterocycles. The van der Waals surface area contributed by atoms with Crippen LogP contribution >= 0.6 is 0 Å². The maximum atomic E-state index is 2.88. The minimum absolute atomic E-state index is 0.144. The third-order valence-electron chi connectivity index (χ3n) is 13.7. The van der Waals surface area contributed by atoms with Gasteiger partial charge in [-0.3, -0.25) is 0 Å². The normalized spacial score (nSPS) is 32.3. The number of hydrogen-bond donors (Lipinski definition) is 0. The molecule has 0 heterocycles. The van der Waals surface area contributed by atoms with Gasteiger partial charge >= 0.3 is 0 Å². The summed E-state index contributed by atoms with van der Waals surface area (Å²) in [7, 11) is -1.77. The Hall–Kier alpha value is -2.38. The lowest BCUT2D eigenvalue weighted by Crippen LogP contribution is -2.46. The molecule has 0 amide bonds. The van der Waals surface area contributed by atoms with Crippen molar-refractivity contribution < 1.29 is 0 Å². The van der Waals surface area contributed by atoms with Gasteiger partial charge in [-0.05, 0) is 163 Å². The number of allylic oxidation sites excluding steroid dienone is 8. The van der Waals surface area contributed by atoms with Gasteiger partial charge in [-0.2, -0.15) is 0 Å². The van der Waals surface area contributed by atoms with E-state index < -0.39 is 8.07 Å². The number of rotatable bonds is 4. The molecule has 0 aliphatic heterocycles. The quantitative estimate of drug-likeness (QED) is 0.291. The summed E-state index contributed by atoms with van der Waals surface area (Å²) in [5.41, 5.74) is 20.6. The van der Waals surface area contributed by atoms with E-state index in [2.05, 4.69) is 131 Å². The van der Waals surface area contributed by atoms with Crippen LogP contribution in [0.25, 0.3) is 11.1 Å². The largest absolute Gasteiger partial charge is 0.0773 e. The van der Waals surface area contributed by atoms with Crippen molar-refractivity contribution in [3.05, 3.63) is 104 Å². The van der Waals surface area contributed by atoms with Gasteiger partial charge in [0.05, 0.1) is 8.07 Å². The van der Waals surface area contributed by atoms with E-state index in [0.717, 1.165) is 22.9 Å². The van der Waals surface area contributed by atoms with Crippen molar-refractivity contribution in [2.75, 3.05) is 0 Å². The summed E-state index contributed by atoms with van der Waals surface area (Å²) in [4.78, 5) is 0. The molecule has 8 unspecified atom stereocenters.